The molecule has 0 amide bonds. The zero-order valence-electron chi connectivity index (χ0n) is 23.9. The predicted molar refractivity (Wildman–Crippen MR) is 152 cm³/mol. The van der Waals surface area contributed by atoms with Gasteiger partial charge in [0.05, 0.1) is 13.1 Å². The van der Waals surface area contributed by atoms with Crippen molar-refractivity contribution in [3.05, 3.63) is 18.2 Å². The van der Waals surface area contributed by atoms with E-state index >= 15 is 0 Å². The van der Waals surface area contributed by atoms with Crippen LogP contribution in [0, 0.1) is 0 Å². The van der Waals surface area contributed by atoms with E-state index in [1.807, 2.05) is 0 Å². The molecule has 0 aliphatic heterocycles. The molecule has 0 aliphatic rings. The van der Waals surface area contributed by atoms with E-state index in [4.69, 9.17) is 0 Å². The van der Waals surface area contributed by atoms with E-state index in [1.54, 1.807) is 5.82 Å². The number of unbranched alkanes of at least 4 members (excludes halogenated alkanes) is 20. The van der Waals surface area contributed by atoms with Gasteiger partial charge in [0.2, 0.25) is 0 Å². The quantitative estimate of drug-likeness (QED) is 0.0930. The van der Waals surface area contributed by atoms with E-state index in [0.717, 1.165) is 0 Å². The third-order valence-corrected chi connectivity index (χ3v) is 7.60. The SMILES string of the molecule is CCCCCCCCCCCCCCCCn1cc[n+](CCCCCC)c1CCCCCCC. The van der Waals surface area contributed by atoms with Crippen LogP contribution in [0.2, 0.25) is 0 Å². The van der Waals surface area contributed by atoms with Crippen LogP contribution in [-0.4, -0.2) is 4.57 Å². The van der Waals surface area contributed by atoms with Crippen LogP contribution in [0.3, 0.4) is 0 Å². The minimum Gasteiger partial charge on any atom is -0.234 e. The van der Waals surface area contributed by atoms with Gasteiger partial charge in [0, 0.05) is 6.42 Å². The molecule has 0 saturated heterocycles. The molecule has 1 aromatic rings. The van der Waals surface area contributed by atoms with Gasteiger partial charge in [-0.15, -0.1) is 0 Å². The number of aromatic nitrogens is 2. The van der Waals surface area contributed by atoms with Gasteiger partial charge in [0.25, 0.3) is 5.82 Å². The lowest BCUT2D eigenvalue weighted by atomic mass is 10.0. The first kappa shape index (κ1) is 31.2. The highest BCUT2D eigenvalue weighted by molar-refractivity contribution is 4.84. The van der Waals surface area contributed by atoms with Crippen molar-refractivity contribution in [2.75, 3.05) is 0 Å². The number of hydrogen-bond donors (Lipinski definition) is 0. The molecule has 0 bridgehead atoms. The summed E-state index contributed by atoms with van der Waals surface area (Å²) in [6.07, 6.45) is 38.5. The molecule has 0 unspecified atom stereocenters. The van der Waals surface area contributed by atoms with Gasteiger partial charge in [-0.25, -0.2) is 9.13 Å². The maximum atomic E-state index is 2.60. The van der Waals surface area contributed by atoms with Gasteiger partial charge in [0.15, 0.2) is 0 Å². The van der Waals surface area contributed by atoms with Crippen LogP contribution in [0.25, 0.3) is 0 Å². The molecule has 1 aromatic heterocycles. The number of imidazole rings is 1. The summed E-state index contributed by atoms with van der Waals surface area (Å²) >= 11 is 0. The van der Waals surface area contributed by atoms with Gasteiger partial charge in [-0.2, -0.15) is 0 Å². The Morgan fingerprint density at radius 1 is 0.500 bits per heavy atom. The molecule has 1 heterocycles. The molecular weight excluding hydrogens is 412 g/mol. The van der Waals surface area contributed by atoms with E-state index in [0.29, 0.717) is 0 Å². The van der Waals surface area contributed by atoms with Crippen molar-refractivity contribution in [2.24, 2.45) is 0 Å². The molecule has 0 radical (unpaired) electrons. The topological polar surface area (TPSA) is 8.81 Å². The predicted octanol–water partition coefficient (Wildman–Crippen LogP) is 10.4. The Labute approximate surface area is 215 Å². The average Bonchev–Trinajstić information content (AvgIpc) is 3.23. The van der Waals surface area contributed by atoms with Crippen LogP contribution >= 0.6 is 0 Å². The zero-order valence-corrected chi connectivity index (χ0v) is 23.9. The van der Waals surface area contributed by atoms with Crippen LogP contribution in [-0.2, 0) is 19.5 Å². The minimum absolute atomic E-state index is 1.22. The lowest BCUT2D eigenvalue weighted by Crippen LogP contribution is -2.37. The number of aryl methyl sites for hydroxylation is 2. The van der Waals surface area contributed by atoms with Crippen molar-refractivity contribution in [3.8, 4) is 0 Å². The van der Waals surface area contributed by atoms with Gasteiger partial charge in [0.1, 0.15) is 12.4 Å². The second kappa shape index (κ2) is 23.9. The molecule has 0 fully saturated rings. The lowest BCUT2D eigenvalue weighted by molar-refractivity contribution is -0.704. The van der Waals surface area contributed by atoms with Gasteiger partial charge in [-0.05, 0) is 32.1 Å². The summed E-state index contributed by atoms with van der Waals surface area (Å²) in [4.78, 5) is 0. The maximum absolute atomic E-state index is 2.60. The van der Waals surface area contributed by atoms with Crippen molar-refractivity contribution >= 4 is 0 Å². The molecule has 0 atom stereocenters. The first-order valence-corrected chi connectivity index (χ1v) is 15.9. The smallest absolute Gasteiger partial charge is 0.234 e. The summed E-state index contributed by atoms with van der Waals surface area (Å²) in [7, 11) is 0. The molecule has 0 spiro atoms. The van der Waals surface area contributed by atoms with Gasteiger partial charge in [-0.1, -0.05) is 136 Å². The van der Waals surface area contributed by atoms with Crippen LogP contribution in [0.4, 0.5) is 0 Å². The van der Waals surface area contributed by atoms with Crippen molar-refractivity contribution in [1.29, 1.82) is 0 Å². The molecule has 0 aromatic carbocycles. The molecule has 0 aliphatic carbocycles. The highest BCUT2D eigenvalue weighted by Crippen LogP contribution is 2.14. The Morgan fingerprint density at radius 3 is 1.41 bits per heavy atom. The van der Waals surface area contributed by atoms with Gasteiger partial charge < -0.3 is 0 Å². The summed E-state index contributed by atoms with van der Waals surface area (Å²) in [5, 5.41) is 0. The molecule has 200 valence electrons. The maximum Gasteiger partial charge on any atom is 0.256 e. The first-order chi connectivity index (χ1) is 16.8. The average molecular weight is 476 g/mol. The lowest BCUT2D eigenvalue weighted by Gasteiger charge is -2.07. The summed E-state index contributed by atoms with van der Waals surface area (Å²) in [6, 6.07) is 0. The Balaban J connectivity index is 2.18. The third-order valence-electron chi connectivity index (χ3n) is 7.60. The fourth-order valence-corrected chi connectivity index (χ4v) is 5.26. The second-order valence-corrected chi connectivity index (χ2v) is 10.9. The van der Waals surface area contributed by atoms with Crippen molar-refractivity contribution in [1.82, 2.24) is 4.57 Å². The fourth-order valence-electron chi connectivity index (χ4n) is 5.26. The van der Waals surface area contributed by atoms with Crippen LogP contribution in [0.1, 0.15) is 174 Å². The Hall–Kier alpha value is -0.790. The largest absolute Gasteiger partial charge is 0.256 e. The Morgan fingerprint density at radius 2 is 0.912 bits per heavy atom. The van der Waals surface area contributed by atoms with Crippen molar-refractivity contribution in [3.63, 3.8) is 0 Å². The normalized spacial score (nSPS) is 11.5. The second-order valence-electron chi connectivity index (χ2n) is 10.9. The molecule has 2 nitrogen and oxygen atoms in total. The summed E-state index contributed by atoms with van der Waals surface area (Å²) in [5.41, 5.74) is 0. The molecule has 2 heteroatoms. The Kier molecular flexibility index (Phi) is 22.0. The van der Waals surface area contributed by atoms with E-state index < -0.39 is 0 Å². The van der Waals surface area contributed by atoms with Crippen LogP contribution < -0.4 is 4.57 Å². The third kappa shape index (κ3) is 16.8. The van der Waals surface area contributed by atoms with E-state index in [2.05, 4.69) is 42.3 Å². The summed E-state index contributed by atoms with van der Waals surface area (Å²) < 4.78 is 5.18. The van der Waals surface area contributed by atoms with Crippen molar-refractivity contribution < 1.29 is 4.57 Å². The minimum atomic E-state index is 1.22. The standard InChI is InChI=1S/C32H63N2/c1-4-7-10-13-14-15-16-17-18-19-20-21-23-26-29-34-31-30-33(28-25-12-9-6-3)32(34)27-24-22-11-8-5-2/h30-31H,4-29H2,1-3H3/q+1. The highest BCUT2D eigenvalue weighted by Gasteiger charge is 2.16. The number of nitrogens with zero attached hydrogens (tertiary/aromatic N) is 2. The van der Waals surface area contributed by atoms with Gasteiger partial charge >= 0.3 is 0 Å². The van der Waals surface area contributed by atoms with E-state index in [1.165, 1.54) is 167 Å². The van der Waals surface area contributed by atoms with E-state index in [-0.39, 0.29) is 0 Å². The van der Waals surface area contributed by atoms with Crippen molar-refractivity contribution in [2.45, 2.75) is 188 Å². The fraction of sp³-hybridized carbons (Fsp3) is 0.906. The van der Waals surface area contributed by atoms with E-state index in [9.17, 15) is 0 Å². The molecule has 1 rings (SSSR count). The zero-order chi connectivity index (χ0) is 24.5. The molecule has 0 saturated carbocycles. The van der Waals surface area contributed by atoms with Crippen LogP contribution in [0.5, 0.6) is 0 Å². The highest BCUT2D eigenvalue weighted by atomic mass is 15.1. The molecular formula is C32H63N2+. The summed E-state index contributed by atoms with van der Waals surface area (Å²) in [6.45, 7) is 9.37. The molecule has 34 heavy (non-hydrogen) atoms. The molecule has 0 N–H and O–H groups in total. The van der Waals surface area contributed by atoms with Gasteiger partial charge in [-0.3, -0.25) is 0 Å². The van der Waals surface area contributed by atoms with Crippen LogP contribution in [0.15, 0.2) is 12.4 Å². The Bertz CT molecular complexity index is 533. The monoisotopic (exact) mass is 475 g/mol. The number of hydrogen-bond acceptors (Lipinski definition) is 0. The number of rotatable bonds is 26. The summed E-state index contributed by atoms with van der Waals surface area (Å²) in [5.74, 6) is 1.60. The first-order valence-electron chi connectivity index (χ1n) is 15.9.